The van der Waals surface area contributed by atoms with Crippen LogP contribution in [0.25, 0.3) is 10.8 Å². The van der Waals surface area contributed by atoms with E-state index in [1.54, 1.807) is 6.07 Å². The molecule has 1 saturated heterocycles. The van der Waals surface area contributed by atoms with Gasteiger partial charge in [0.2, 0.25) is 0 Å². The molecule has 0 aliphatic carbocycles. The summed E-state index contributed by atoms with van der Waals surface area (Å²) in [5.41, 5.74) is 0.0132. The van der Waals surface area contributed by atoms with Crippen LogP contribution in [-0.4, -0.2) is 56.0 Å². The van der Waals surface area contributed by atoms with Crippen molar-refractivity contribution in [3.05, 3.63) is 36.4 Å². The first-order valence-electron chi connectivity index (χ1n) is 9.32. The van der Waals surface area contributed by atoms with Gasteiger partial charge in [-0.1, -0.05) is 45.0 Å². The molecule has 0 spiro atoms. The van der Waals surface area contributed by atoms with Crippen molar-refractivity contribution in [1.82, 2.24) is 4.90 Å². The number of rotatable bonds is 5. The summed E-state index contributed by atoms with van der Waals surface area (Å²) in [6.45, 7) is 10.4. The third-order valence-electron chi connectivity index (χ3n) is 4.24. The van der Waals surface area contributed by atoms with Crippen LogP contribution < -0.4 is 9.84 Å². The smallest absolute Gasteiger partial charge is 0.151 e. The van der Waals surface area contributed by atoms with E-state index in [1.165, 1.54) is 0 Å². The van der Waals surface area contributed by atoms with Gasteiger partial charge in [0.1, 0.15) is 12.4 Å². The van der Waals surface area contributed by atoms with E-state index in [4.69, 9.17) is 14.2 Å². The van der Waals surface area contributed by atoms with Crippen LogP contribution in [0, 0.1) is 0 Å². The molecule has 2 aromatic carbocycles. The fourth-order valence-corrected chi connectivity index (χ4v) is 2.97. The maximum absolute atomic E-state index is 12.1. The Morgan fingerprint density at radius 2 is 1.81 bits per heavy atom. The van der Waals surface area contributed by atoms with Crippen LogP contribution in [0.3, 0.4) is 0 Å². The maximum Gasteiger partial charge on any atom is 0.151 e. The molecule has 0 aromatic heterocycles. The van der Waals surface area contributed by atoms with Gasteiger partial charge < -0.3 is 19.3 Å². The number of ether oxygens (including phenoxy) is 3. The number of aliphatic imine (C=N–C) groups is 1. The van der Waals surface area contributed by atoms with Gasteiger partial charge >= 0.3 is 0 Å². The van der Waals surface area contributed by atoms with E-state index in [1.807, 2.05) is 51.1 Å². The van der Waals surface area contributed by atoms with Crippen LogP contribution in [0.1, 0.15) is 20.8 Å². The Morgan fingerprint density at radius 1 is 1.11 bits per heavy atom. The Hall–Kier alpha value is -2.31. The van der Waals surface area contributed by atoms with E-state index in [-0.39, 0.29) is 0 Å². The average molecular weight is 371 g/mol. The minimum atomic E-state index is -0.589. The number of hydrogen-bond donors (Lipinski definition) is 0. The van der Waals surface area contributed by atoms with Crippen molar-refractivity contribution in [3.63, 3.8) is 0 Å². The highest BCUT2D eigenvalue weighted by Gasteiger charge is 2.11. The number of morpholine rings is 1. The Balaban J connectivity index is 1.75. The molecule has 0 radical (unpaired) electrons. The molecule has 0 atom stereocenters. The summed E-state index contributed by atoms with van der Waals surface area (Å²) in [6.07, 6.45) is -0.589. The third-order valence-corrected chi connectivity index (χ3v) is 4.24. The van der Waals surface area contributed by atoms with E-state index in [0.717, 1.165) is 49.4 Å². The molecule has 0 bridgehead atoms. The van der Waals surface area contributed by atoms with Gasteiger partial charge in [0.05, 0.1) is 18.9 Å². The Kier molecular flexibility index (Phi) is 6.19. The lowest BCUT2D eigenvalue weighted by Crippen LogP contribution is -2.38. The minimum Gasteiger partial charge on any atom is -0.594 e. The van der Waals surface area contributed by atoms with E-state index in [9.17, 15) is 5.11 Å². The largest absolute Gasteiger partial charge is 0.594 e. The van der Waals surface area contributed by atoms with Gasteiger partial charge in [-0.3, -0.25) is 4.90 Å². The molecule has 27 heavy (non-hydrogen) atoms. The van der Waals surface area contributed by atoms with Crippen LogP contribution in [0.2, 0.25) is 0 Å². The predicted molar refractivity (Wildman–Crippen MR) is 105 cm³/mol. The van der Waals surface area contributed by atoms with Crippen LogP contribution in [0.5, 0.6) is 5.75 Å². The number of hydrogen-bond acceptors (Lipinski definition) is 6. The highest BCUT2D eigenvalue weighted by atomic mass is 16.6. The summed E-state index contributed by atoms with van der Waals surface area (Å²) in [6, 6.07) is 11.5. The lowest BCUT2D eigenvalue weighted by Gasteiger charge is -2.29. The van der Waals surface area contributed by atoms with E-state index in [0.29, 0.717) is 12.3 Å². The molecule has 6 nitrogen and oxygen atoms in total. The summed E-state index contributed by atoms with van der Waals surface area (Å²) < 4.78 is 16.7. The number of benzene rings is 2. The monoisotopic (exact) mass is 371 g/mol. The number of nitrogens with zero attached hydrogens (tertiary/aromatic N) is 2. The normalized spacial score (nSPS) is 16.5. The Morgan fingerprint density at radius 3 is 2.52 bits per heavy atom. The van der Waals surface area contributed by atoms with Crippen molar-refractivity contribution in [1.29, 1.82) is 0 Å². The van der Waals surface area contributed by atoms with Crippen molar-refractivity contribution in [2.75, 3.05) is 39.5 Å². The van der Waals surface area contributed by atoms with Crippen molar-refractivity contribution in [2.45, 2.75) is 26.4 Å². The highest BCUT2D eigenvalue weighted by Crippen LogP contribution is 2.33. The number of fused-ring (bicyclic) bond motifs is 1. The third kappa shape index (κ3) is 5.58. The lowest BCUT2D eigenvalue weighted by molar-refractivity contribution is -0.259. The first-order chi connectivity index (χ1) is 12.9. The Bertz CT molecular complexity index is 792. The summed E-state index contributed by atoms with van der Waals surface area (Å²) in [7, 11) is 0. The second-order valence-electron chi connectivity index (χ2n) is 7.52. The molecule has 146 valence electrons. The molecule has 3 rings (SSSR count). The second-order valence-corrected chi connectivity index (χ2v) is 7.52. The van der Waals surface area contributed by atoms with Gasteiger partial charge in [-0.25, -0.2) is 4.99 Å². The molecule has 6 heteroatoms. The average Bonchev–Trinajstić information content (AvgIpc) is 2.63. The van der Waals surface area contributed by atoms with Crippen molar-refractivity contribution in [3.8, 4) is 5.75 Å². The van der Waals surface area contributed by atoms with Gasteiger partial charge in [0.25, 0.3) is 0 Å². The molecule has 0 saturated carbocycles. The lowest BCUT2D eigenvalue weighted by atomic mass is 10.1. The maximum atomic E-state index is 12.1. The van der Waals surface area contributed by atoms with Gasteiger partial charge in [0.15, 0.2) is 6.08 Å². The molecule has 1 aliphatic heterocycles. The summed E-state index contributed by atoms with van der Waals surface area (Å²) in [4.78, 5) is 6.46. The zero-order chi connectivity index (χ0) is 19.3. The fourth-order valence-electron chi connectivity index (χ4n) is 2.97. The molecule has 0 amide bonds. The van der Waals surface area contributed by atoms with Gasteiger partial charge in [-0.2, -0.15) is 0 Å². The molecule has 0 unspecified atom stereocenters. The zero-order valence-electron chi connectivity index (χ0n) is 16.2. The molecule has 1 aliphatic rings. The summed E-state index contributed by atoms with van der Waals surface area (Å²) in [5, 5.41) is 13.9. The molecule has 0 N–H and O–H groups in total. The van der Waals surface area contributed by atoms with Gasteiger partial charge in [-0.05, 0) is 12.1 Å². The highest BCUT2D eigenvalue weighted by molar-refractivity contribution is 5.97. The molecule has 1 heterocycles. The predicted octanol–water partition coefficient (Wildman–Crippen LogP) is 2.71. The SMILES string of the molecule is CC(C)(C)OC([O-])=Nc1ccc(OCCN2CCOCC2)c2ccccc12. The summed E-state index contributed by atoms with van der Waals surface area (Å²) in [5.74, 6) is 0.794. The molecule has 1 fully saturated rings. The topological polar surface area (TPSA) is 66.3 Å². The molecular weight excluding hydrogens is 344 g/mol. The van der Waals surface area contributed by atoms with E-state index in [2.05, 4.69) is 9.89 Å². The standard InChI is InChI=1S/C21H28N2O4/c1-21(2,3)27-20(24)22-18-8-9-19(17-7-5-4-6-16(17)18)26-15-12-23-10-13-25-14-11-23/h4-9H,10-15H2,1-3H3,(H,22,24)/p-1. The first kappa shape index (κ1) is 19.5. The van der Waals surface area contributed by atoms with Gasteiger partial charge in [-0.15, -0.1) is 0 Å². The first-order valence-corrected chi connectivity index (χ1v) is 9.32. The zero-order valence-corrected chi connectivity index (χ0v) is 16.2. The van der Waals surface area contributed by atoms with E-state index >= 15 is 0 Å². The minimum absolute atomic E-state index is 0.571. The Labute approximate surface area is 160 Å². The second kappa shape index (κ2) is 8.59. The molecular formula is C21H27N2O4-. The van der Waals surface area contributed by atoms with E-state index < -0.39 is 11.7 Å². The molecule has 2 aromatic rings. The summed E-state index contributed by atoms with van der Waals surface area (Å²) >= 11 is 0. The van der Waals surface area contributed by atoms with Crippen molar-refractivity contribution < 1.29 is 19.3 Å². The van der Waals surface area contributed by atoms with Crippen LogP contribution in [0.4, 0.5) is 5.69 Å². The van der Waals surface area contributed by atoms with Crippen LogP contribution in [-0.2, 0) is 9.47 Å². The van der Waals surface area contributed by atoms with Crippen LogP contribution >= 0.6 is 0 Å². The fraction of sp³-hybridized carbons (Fsp3) is 0.476. The van der Waals surface area contributed by atoms with Crippen molar-refractivity contribution in [2.24, 2.45) is 4.99 Å². The quantitative estimate of drug-likeness (QED) is 0.597. The van der Waals surface area contributed by atoms with Crippen molar-refractivity contribution >= 4 is 22.5 Å². The van der Waals surface area contributed by atoms with Crippen LogP contribution in [0.15, 0.2) is 41.4 Å². The van der Waals surface area contributed by atoms with Gasteiger partial charge in [0, 0.05) is 36.0 Å².